The monoisotopic (exact) mass is 311 g/mol. The maximum Gasteiger partial charge on any atom is 0.248 e. The van der Waals surface area contributed by atoms with Crippen LogP contribution in [0.3, 0.4) is 0 Å². The van der Waals surface area contributed by atoms with Gasteiger partial charge in [0.25, 0.3) is 0 Å². The van der Waals surface area contributed by atoms with Crippen LogP contribution in [0.15, 0.2) is 40.8 Å². The van der Waals surface area contributed by atoms with Gasteiger partial charge in [0.05, 0.1) is 6.61 Å². The molecule has 120 valence electrons. The van der Waals surface area contributed by atoms with Crippen LogP contribution in [0.25, 0.3) is 6.08 Å². The second kappa shape index (κ2) is 6.42. The number of nitrogens with one attached hydrogen (secondary N) is 1. The number of rotatable bonds is 5. The third-order valence-electron chi connectivity index (χ3n) is 4.26. The smallest absolute Gasteiger partial charge is 0.248 e. The van der Waals surface area contributed by atoms with Gasteiger partial charge in [-0.3, -0.25) is 4.79 Å². The SMILES string of the molecule is Cc1ccc(CO)cc1NC(=O)/C=C/c1ccc(C2CC2C)o1. The zero-order valence-electron chi connectivity index (χ0n) is 13.4. The molecule has 2 atom stereocenters. The van der Waals surface area contributed by atoms with Crippen molar-refractivity contribution in [3.8, 4) is 0 Å². The molecule has 2 N–H and O–H groups in total. The molecule has 1 amide bonds. The molecule has 23 heavy (non-hydrogen) atoms. The van der Waals surface area contributed by atoms with Gasteiger partial charge in [-0.25, -0.2) is 0 Å². The molecule has 1 fully saturated rings. The number of furan rings is 1. The molecule has 0 saturated heterocycles. The summed E-state index contributed by atoms with van der Waals surface area (Å²) in [6.07, 6.45) is 4.32. The van der Waals surface area contributed by atoms with E-state index < -0.39 is 0 Å². The molecule has 2 aromatic rings. The van der Waals surface area contributed by atoms with E-state index in [4.69, 9.17) is 4.42 Å². The number of aryl methyl sites for hydroxylation is 1. The van der Waals surface area contributed by atoms with Crippen molar-refractivity contribution in [2.75, 3.05) is 5.32 Å². The zero-order chi connectivity index (χ0) is 16.4. The summed E-state index contributed by atoms with van der Waals surface area (Å²) < 4.78 is 5.74. The average molecular weight is 311 g/mol. The molecule has 1 aromatic heterocycles. The van der Waals surface area contributed by atoms with Gasteiger partial charge in [0.15, 0.2) is 0 Å². The third-order valence-corrected chi connectivity index (χ3v) is 4.26. The minimum Gasteiger partial charge on any atom is -0.461 e. The highest BCUT2D eigenvalue weighted by Crippen LogP contribution is 2.47. The maximum absolute atomic E-state index is 12.0. The minimum atomic E-state index is -0.221. The number of anilines is 1. The number of benzene rings is 1. The van der Waals surface area contributed by atoms with Crippen LogP contribution in [0, 0.1) is 12.8 Å². The van der Waals surface area contributed by atoms with Crippen LogP contribution in [0.1, 0.15) is 41.9 Å². The van der Waals surface area contributed by atoms with Gasteiger partial charge in [0, 0.05) is 17.7 Å². The summed E-state index contributed by atoms with van der Waals surface area (Å²) in [4.78, 5) is 12.0. The maximum atomic E-state index is 12.0. The highest BCUT2D eigenvalue weighted by Gasteiger charge is 2.36. The molecule has 0 radical (unpaired) electrons. The largest absolute Gasteiger partial charge is 0.461 e. The molecule has 3 rings (SSSR count). The van der Waals surface area contributed by atoms with Crippen LogP contribution < -0.4 is 5.32 Å². The first-order chi connectivity index (χ1) is 11.1. The van der Waals surface area contributed by atoms with Gasteiger partial charge >= 0.3 is 0 Å². The topological polar surface area (TPSA) is 62.5 Å². The van der Waals surface area contributed by atoms with Crippen molar-refractivity contribution in [2.24, 2.45) is 5.92 Å². The predicted octanol–water partition coefficient (Wildman–Crippen LogP) is 3.86. The van der Waals surface area contributed by atoms with Crippen molar-refractivity contribution in [1.82, 2.24) is 0 Å². The van der Waals surface area contributed by atoms with Gasteiger partial charge < -0.3 is 14.8 Å². The standard InChI is InChI=1S/C19H21NO3/c1-12-3-4-14(11-21)10-17(12)20-19(22)8-6-15-5-7-18(23-15)16-9-13(16)2/h3-8,10,13,16,21H,9,11H2,1-2H3,(H,20,22)/b8-6+. The summed E-state index contributed by atoms with van der Waals surface area (Å²) in [5, 5.41) is 12.0. The Morgan fingerprint density at radius 3 is 2.87 bits per heavy atom. The van der Waals surface area contributed by atoms with Crippen molar-refractivity contribution < 1.29 is 14.3 Å². The van der Waals surface area contributed by atoms with Crippen molar-refractivity contribution in [1.29, 1.82) is 0 Å². The van der Waals surface area contributed by atoms with E-state index >= 15 is 0 Å². The summed E-state index contributed by atoms with van der Waals surface area (Å²) in [5.41, 5.74) is 2.43. The molecule has 1 saturated carbocycles. The third kappa shape index (κ3) is 3.71. The van der Waals surface area contributed by atoms with E-state index in [9.17, 15) is 9.90 Å². The first-order valence-electron chi connectivity index (χ1n) is 7.86. The summed E-state index contributed by atoms with van der Waals surface area (Å²) in [6, 6.07) is 9.37. The fraction of sp³-hybridized carbons (Fsp3) is 0.316. The Morgan fingerprint density at radius 2 is 2.17 bits per heavy atom. The molecule has 1 aliphatic carbocycles. The number of hydrogen-bond acceptors (Lipinski definition) is 3. The van der Waals surface area contributed by atoms with Crippen LogP contribution in [0.2, 0.25) is 0 Å². The number of aliphatic hydroxyl groups is 1. The molecule has 4 heteroatoms. The van der Waals surface area contributed by atoms with E-state index in [1.807, 2.05) is 31.2 Å². The van der Waals surface area contributed by atoms with Crippen LogP contribution in [-0.2, 0) is 11.4 Å². The lowest BCUT2D eigenvalue weighted by Gasteiger charge is -2.08. The van der Waals surface area contributed by atoms with Crippen molar-refractivity contribution in [3.63, 3.8) is 0 Å². The first kappa shape index (κ1) is 15.6. The Morgan fingerprint density at radius 1 is 1.39 bits per heavy atom. The Kier molecular flexibility index (Phi) is 4.35. The van der Waals surface area contributed by atoms with Crippen molar-refractivity contribution in [2.45, 2.75) is 32.8 Å². The van der Waals surface area contributed by atoms with Crippen molar-refractivity contribution >= 4 is 17.7 Å². The van der Waals surface area contributed by atoms with Gasteiger partial charge in [-0.2, -0.15) is 0 Å². The van der Waals surface area contributed by atoms with Gasteiger partial charge in [0.2, 0.25) is 5.91 Å². The van der Waals surface area contributed by atoms with Gasteiger partial charge in [-0.1, -0.05) is 19.1 Å². The van der Waals surface area contributed by atoms with Crippen LogP contribution in [0.5, 0.6) is 0 Å². The van der Waals surface area contributed by atoms with E-state index in [-0.39, 0.29) is 12.5 Å². The Hall–Kier alpha value is -2.33. The number of aliphatic hydroxyl groups excluding tert-OH is 1. The average Bonchev–Trinajstić information content (AvgIpc) is 3.09. The van der Waals surface area contributed by atoms with Crippen LogP contribution >= 0.6 is 0 Å². The Balaban J connectivity index is 1.63. The summed E-state index contributed by atoms with van der Waals surface area (Å²) in [6.45, 7) is 4.07. The molecule has 4 nitrogen and oxygen atoms in total. The normalized spacial score (nSPS) is 20.0. The molecule has 1 heterocycles. The zero-order valence-corrected chi connectivity index (χ0v) is 13.4. The molecule has 1 aliphatic rings. The second-order valence-electron chi connectivity index (χ2n) is 6.19. The molecule has 0 aliphatic heterocycles. The fourth-order valence-electron chi connectivity index (χ4n) is 2.61. The summed E-state index contributed by atoms with van der Waals surface area (Å²) >= 11 is 0. The lowest BCUT2D eigenvalue weighted by Crippen LogP contribution is -2.09. The fourth-order valence-corrected chi connectivity index (χ4v) is 2.61. The Labute approximate surface area is 135 Å². The van der Waals surface area contributed by atoms with E-state index in [1.165, 1.54) is 12.5 Å². The second-order valence-corrected chi connectivity index (χ2v) is 6.19. The lowest BCUT2D eigenvalue weighted by atomic mass is 10.1. The molecular weight excluding hydrogens is 290 g/mol. The first-order valence-corrected chi connectivity index (χ1v) is 7.86. The molecule has 0 spiro atoms. The van der Waals surface area contributed by atoms with Gasteiger partial charge in [0.1, 0.15) is 11.5 Å². The molecular formula is C19H21NO3. The molecule has 2 unspecified atom stereocenters. The van der Waals surface area contributed by atoms with Crippen LogP contribution in [0.4, 0.5) is 5.69 Å². The van der Waals surface area contributed by atoms with E-state index in [0.29, 0.717) is 23.3 Å². The number of hydrogen-bond donors (Lipinski definition) is 2. The van der Waals surface area contributed by atoms with E-state index in [0.717, 1.165) is 16.9 Å². The molecule has 0 bridgehead atoms. The highest BCUT2D eigenvalue weighted by atomic mass is 16.3. The number of carbonyl (C=O) groups excluding carboxylic acids is 1. The quantitative estimate of drug-likeness (QED) is 0.824. The van der Waals surface area contributed by atoms with Gasteiger partial charge in [-0.15, -0.1) is 0 Å². The van der Waals surface area contributed by atoms with Gasteiger partial charge in [-0.05, 0) is 54.7 Å². The number of amides is 1. The minimum absolute atomic E-state index is 0.0479. The molecule has 1 aromatic carbocycles. The van der Waals surface area contributed by atoms with Crippen LogP contribution in [-0.4, -0.2) is 11.0 Å². The van der Waals surface area contributed by atoms with E-state index in [2.05, 4.69) is 12.2 Å². The highest BCUT2D eigenvalue weighted by molar-refractivity contribution is 6.02. The Bertz CT molecular complexity index is 745. The summed E-state index contributed by atoms with van der Waals surface area (Å²) in [7, 11) is 0. The predicted molar refractivity (Wildman–Crippen MR) is 90.0 cm³/mol. The van der Waals surface area contributed by atoms with Crippen molar-refractivity contribution in [3.05, 3.63) is 59.1 Å². The summed E-state index contributed by atoms with van der Waals surface area (Å²) in [5.74, 6) is 2.71. The number of carbonyl (C=O) groups is 1. The lowest BCUT2D eigenvalue weighted by molar-refractivity contribution is -0.111. The van der Waals surface area contributed by atoms with E-state index in [1.54, 1.807) is 12.1 Å².